The molecule has 0 saturated heterocycles. The zero-order valence-electron chi connectivity index (χ0n) is 11.1. The van der Waals surface area contributed by atoms with Crippen LogP contribution in [-0.4, -0.2) is 17.1 Å². The number of hydrogen-bond donors (Lipinski definition) is 1. The van der Waals surface area contributed by atoms with Crippen molar-refractivity contribution in [2.24, 2.45) is 0 Å². The fraction of sp³-hybridized carbons (Fsp3) is 0.286. The monoisotopic (exact) mass is 243 g/mol. The van der Waals surface area contributed by atoms with Crippen LogP contribution in [0, 0.1) is 20.8 Å². The minimum absolute atomic E-state index is 0.500. The van der Waals surface area contributed by atoms with Crippen LogP contribution in [0.15, 0.2) is 18.5 Å². The van der Waals surface area contributed by atoms with Crippen molar-refractivity contribution in [3.05, 3.63) is 35.2 Å². The smallest absolute Gasteiger partial charge is 0.131 e. The van der Waals surface area contributed by atoms with Gasteiger partial charge in [0.2, 0.25) is 0 Å². The molecule has 0 unspecified atom stereocenters. The molecule has 0 fully saturated rings. The Morgan fingerprint density at radius 3 is 2.44 bits per heavy atom. The zero-order chi connectivity index (χ0) is 13.3. The first kappa shape index (κ1) is 12.4. The van der Waals surface area contributed by atoms with Crippen molar-refractivity contribution in [3.8, 4) is 17.0 Å². The summed E-state index contributed by atoms with van der Waals surface area (Å²) in [5.41, 5.74) is 10.8. The van der Waals surface area contributed by atoms with Gasteiger partial charge in [0.05, 0.1) is 12.8 Å². The Labute approximate surface area is 107 Å². The van der Waals surface area contributed by atoms with E-state index in [0.717, 1.165) is 28.1 Å². The Bertz CT molecular complexity index is 594. The molecule has 0 aliphatic rings. The summed E-state index contributed by atoms with van der Waals surface area (Å²) in [5.74, 6) is 1.34. The molecular weight excluding hydrogens is 226 g/mol. The van der Waals surface area contributed by atoms with Crippen LogP contribution in [-0.2, 0) is 0 Å². The number of methoxy groups -OCH3 is 1. The van der Waals surface area contributed by atoms with Crippen LogP contribution in [0.2, 0.25) is 0 Å². The van der Waals surface area contributed by atoms with Gasteiger partial charge in [-0.3, -0.25) is 0 Å². The van der Waals surface area contributed by atoms with Crippen molar-refractivity contribution in [2.45, 2.75) is 20.8 Å². The summed E-state index contributed by atoms with van der Waals surface area (Å²) in [5, 5.41) is 0. The number of aryl methyl sites for hydroxylation is 1. The van der Waals surface area contributed by atoms with Crippen molar-refractivity contribution in [2.75, 3.05) is 12.8 Å². The highest BCUT2D eigenvalue weighted by Crippen LogP contribution is 2.35. The largest absolute Gasteiger partial charge is 0.496 e. The van der Waals surface area contributed by atoms with Gasteiger partial charge in [-0.05, 0) is 38.0 Å². The number of hydrogen-bond acceptors (Lipinski definition) is 4. The Hall–Kier alpha value is -2.10. The molecule has 0 saturated carbocycles. The predicted octanol–water partition coefficient (Wildman–Crippen LogP) is 2.66. The molecule has 4 heteroatoms. The minimum atomic E-state index is 0.500. The normalized spacial score (nSPS) is 10.4. The van der Waals surface area contributed by atoms with Crippen LogP contribution in [0.1, 0.15) is 16.7 Å². The van der Waals surface area contributed by atoms with Crippen LogP contribution >= 0.6 is 0 Å². The maximum absolute atomic E-state index is 5.83. The van der Waals surface area contributed by atoms with Gasteiger partial charge in [-0.15, -0.1) is 0 Å². The van der Waals surface area contributed by atoms with Gasteiger partial charge in [-0.1, -0.05) is 6.07 Å². The van der Waals surface area contributed by atoms with E-state index < -0.39 is 0 Å². The van der Waals surface area contributed by atoms with Crippen molar-refractivity contribution in [1.29, 1.82) is 0 Å². The lowest BCUT2D eigenvalue weighted by Crippen LogP contribution is -2.01. The number of rotatable bonds is 2. The average Bonchev–Trinajstić information content (AvgIpc) is 2.36. The van der Waals surface area contributed by atoms with Gasteiger partial charge in [0, 0.05) is 11.1 Å². The van der Waals surface area contributed by atoms with Crippen LogP contribution in [0.3, 0.4) is 0 Å². The van der Waals surface area contributed by atoms with Crippen LogP contribution in [0.25, 0.3) is 11.3 Å². The van der Waals surface area contributed by atoms with E-state index in [1.54, 1.807) is 7.11 Å². The number of nitrogens with two attached hydrogens (primary N) is 1. The van der Waals surface area contributed by atoms with Gasteiger partial charge < -0.3 is 10.5 Å². The SMILES string of the molecule is COc1c(-c2ncnc(N)c2C)ccc(C)c1C. The van der Waals surface area contributed by atoms with Gasteiger partial charge in [0.1, 0.15) is 17.9 Å². The second-order valence-corrected chi connectivity index (χ2v) is 4.32. The molecule has 0 aliphatic carbocycles. The fourth-order valence-electron chi connectivity index (χ4n) is 1.97. The molecule has 0 bridgehead atoms. The quantitative estimate of drug-likeness (QED) is 0.880. The number of ether oxygens (including phenoxy) is 1. The van der Waals surface area contributed by atoms with Gasteiger partial charge >= 0.3 is 0 Å². The highest BCUT2D eigenvalue weighted by Gasteiger charge is 2.14. The molecule has 0 amide bonds. The van der Waals surface area contributed by atoms with Crippen molar-refractivity contribution < 1.29 is 4.74 Å². The van der Waals surface area contributed by atoms with Crippen molar-refractivity contribution in [1.82, 2.24) is 9.97 Å². The van der Waals surface area contributed by atoms with Crippen molar-refractivity contribution >= 4 is 5.82 Å². The maximum atomic E-state index is 5.83. The fourth-order valence-corrected chi connectivity index (χ4v) is 1.97. The molecule has 2 aromatic rings. The number of nitrogen functional groups attached to an aromatic ring is 1. The summed E-state index contributed by atoms with van der Waals surface area (Å²) in [4.78, 5) is 8.30. The Balaban J connectivity index is 2.72. The summed E-state index contributed by atoms with van der Waals surface area (Å²) in [7, 11) is 1.67. The third-order valence-corrected chi connectivity index (χ3v) is 3.26. The third kappa shape index (κ3) is 1.90. The highest BCUT2D eigenvalue weighted by molar-refractivity contribution is 5.74. The first-order valence-corrected chi connectivity index (χ1v) is 5.78. The van der Waals surface area contributed by atoms with E-state index in [1.807, 2.05) is 19.9 Å². The zero-order valence-corrected chi connectivity index (χ0v) is 11.1. The standard InChI is InChI=1S/C14H17N3O/c1-8-5-6-11(13(18-4)9(8)2)12-10(3)14(15)17-7-16-12/h5-7H,1-4H3,(H2,15,16,17). The second kappa shape index (κ2) is 4.64. The maximum Gasteiger partial charge on any atom is 0.131 e. The molecule has 4 nitrogen and oxygen atoms in total. The molecule has 0 spiro atoms. The number of benzene rings is 1. The van der Waals surface area contributed by atoms with Crippen LogP contribution in [0.4, 0.5) is 5.82 Å². The predicted molar refractivity (Wildman–Crippen MR) is 72.6 cm³/mol. The molecule has 1 aromatic carbocycles. The lowest BCUT2D eigenvalue weighted by molar-refractivity contribution is 0.413. The first-order valence-electron chi connectivity index (χ1n) is 5.78. The van der Waals surface area contributed by atoms with E-state index in [1.165, 1.54) is 11.9 Å². The summed E-state index contributed by atoms with van der Waals surface area (Å²) < 4.78 is 5.50. The second-order valence-electron chi connectivity index (χ2n) is 4.32. The van der Waals surface area contributed by atoms with E-state index in [-0.39, 0.29) is 0 Å². The Kier molecular flexibility index (Phi) is 3.19. The number of anilines is 1. The number of nitrogens with zero attached hydrogens (tertiary/aromatic N) is 2. The van der Waals surface area contributed by atoms with Crippen molar-refractivity contribution in [3.63, 3.8) is 0 Å². The average molecular weight is 243 g/mol. The molecule has 0 radical (unpaired) electrons. The van der Waals surface area contributed by atoms with E-state index in [0.29, 0.717) is 5.82 Å². The minimum Gasteiger partial charge on any atom is -0.496 e. The van der Waals surface area contributed by atoms with E-state index in [4.69, 9.17) is 10.5 Å². The third-order valence-electron chi connectivity index (χ3n) is 3.26. The van der Waals surface area contributed by atoms with Gasteiger partial charge in [0.25, 0.3) is 0 Å². The van der Waals surface area contributed by atoms with E-state index in [9.17, 15) is 0 Å². The molecule has 1 heterocycles. The molecular formula is C14H17N3O. The highest BCUT2D eigenvalue weighted by atomic mass is 16.5. The first-order chi connectivity index (χ1) is 8.56. The molecule has 1 aromatic heterocycles. The lowest BCUT2D eigenvalue weighted by atomic mass is 10.00. The summed E-state index contributed by atoms with van der Waals surface area (Å²) in [6, 6.07) is 4.07. The molecule has 2 rings (SSSR count). The molecule has 18 heavy (non-hydrogen) atoms. The van der Waals surface area contributed by atoms with Gasteiger partial charge in [0.15, 0.2) is 0 Å². The van der Waals surface area contributed by atoms with Gasteiger partial charge in [-0.2, -0.15) is 0 Å². The summed E-state index contributed by atoms with van der Waals surface area (Å²) in [6.07, 6.45) is 1.48. The molecule has 94 valence electrons. The Morgan fingerprint density at radius 1 is 1.06 bits per heavy atom. The Morgan fingerprint density at radius 2 is 1.78 bits per heavy atom. The molecule has 2 N–H and O–H groups in total. The topological polar surface area (TPSA) is 61.0 Å². The van der Waals surface area contributed by atoms with E-state index >= 15 is 0 Å². The summed E-state index contributed by atoms with van der Waals surface area (Å²) in [6.45, 7) is 6.01. The number of aromatic nitrogens is 2. The molecule has 0 atom stereocenters. The molecule has 0 aliphatic heterocycles. The lowest BCUT2D eigenvalue weighted by Gasteiger charge is -2.14. The van der Waals surface area contributed by atoms with E-state index in [2.05, 4.69) is 23.0 Å². The summed E-state index contributed by atoms with van der Waals surface area (Å²) >= 11 is 0. The van der Waals surface area contributed by atoms with Gasteiger partial charge in [-0.25, -0.2) is 9.97 Å². The van der Waals surface area contributed by atoms with Crippen LogP contribution in [0.5, 0.6) is 5.75 Å². The van der Waals surface area contributed by atoms with Crippen LogP contribution < -0.4 is 10.5 Å².